The Labute approximate surface area is 281 Å². The van der Waals surface area contributed by atoms with Crippen molar-refractivity contribution in [2.75, 3.05) is 0 Å². The summed E-state index contributed by atoms with van der Waals surface area (Å²) >= 11 is 0. The van der Waals surface area contributed by atoms with Crippen molar-refractivity contribution in [2.45, 2.75) is 0 Å². The quantitative estimate of drug-likeness (QED) is 0.181. The van der Waals surface area contributed by atoms with E-state index in [0.717, 1.165) is 77.1 Å². The summed E-state index contributed by atoms with van der Waals surface area (Å²) in [6.07, 6.45) is 0. The van der Waals surface area contributed by atoms with Crippen LogP contribution in [0.5, 0.6) is 0 Å². The van der Waals surface area contributed by atoms with Crippen molar-refractivity contribution >= 4 is 71.1 Å². The van der Waals surface area contributed by atoms with Crippen molar-refractivity contribution in [1.82, 2.24) is 13.7 Å². The zero-order chi connectivity index (χ0) is 32.6. The van der Waals surface area contributed by atoms with E-state index in [1.807, 2.05) is 30.3 Å². The van der Waals surface area contributed by atoms with E-state index in [1.165, 1.54) is 5.39 Å². The van der Waals surface area contributed by atoms with E-state index in [4.69, 9.17) is 6.57 Å². The van der Waals surface area contributed by atoms with Gasteiger partial charge in [-0.05, 0) is 90.3 Å². The van der Waals surface area contributed by atoms with Gasteiger partial charge in [-0.25, -0.2) is 4.85 Å². The molecule has 3 aromatic heterocycles. The number of hydrogen-bond donors (Lipinski definition) is 0. The summed E-state index contributed by atoms with van der Waals surface area (Å²) in [6.45, 7) is 7.81. The summed E-state index contributed by atoms with van der Waals surface area (Å²) in [5, 5.41) is 16.4. The van der Waals surface area contributed by atoms with Crippen LogP contribution in [0.4, 0.5) is 5.69 Å². The predicted molar refractivity (Wildman–Crippen MR) is 200 cm³/mol. The molecule has 0 saturated heterocycles. The van der Waals surface area contributed by atoms with E-state index >= 15 is 0 Å². The van der Waals surface area contributed by atoms with Crippen molar-refractivity contribution in [1.29, 1.82) is 5.26 Å². The average Bonchev–Trinajstić information content (AvgIpc) is 3.80. The van der Waals surface area contributed by atoms with Crippen LogP contribution in [0, 0.1) is 17.9 Å². The number of nitrogens with zero attached hydrogens (tertiary/aromatic N) is 5. The van der Waals surface area contributed by atoms with E-state index in [0.29, 0.717) is 11.3 Å². The lowest BCUT2D eigenvalue weighted by atomic mass is 10.1. The van der Waals surface area contributed by atoms with Gasteiger partial charge in [-0.15, -0.1) is 0 Å². The molecule has 226 valence electrons. The van der Waals surface area contributed by atoms with Gasteiger partial charge in [0, 0.05) is 44.0 Å². The second-order valence-corrected chi connectivity index (χ2v) is 12.4. The molecule has 0 N–H and O–H groups in total. The van der Waals surface area contributed by atoms with E-state index in [1.54, 1.807) is 0 Å². The summed E-state index contributed by atoms with van der Waals surface area (Å²) in [5.41, 5.74) is 11.0. The Morgan fingerprint density at radius 1 is 0.429 bits per heavy atom. The molecule has 0 unspecified atom stereocenters. The van der Waals surface area contributed by atoms with Crippen LogP contribution in [-0.2, 0) is 0 Å². The monoisotopic (exact) mass is 623 g/mol. The lowest BCUT2D eigenvalue weighted by molar-refractivity contribution is 1.13. The Balaban J connectivity index is 1.29. The number of para-hydroxylation sites is 3. The Morgan fingerprint density at radius 2 is 0.959 bits per heavy atom. The van der Waals surface area contributed by atoms with Crippen molar-refractivity contribution in [3.05, 3.63) is 169 Å². The number of nitriles is 1. The van der Waals surface area contributed by atoms with Crippen molar-refractivity contribution in [3.8, 4) is 23.1 Å². The van der Waals surface area contributed by atoms with Gasteiger partial charge in [-0.3, -0.25) is 0 Å². The zero-order valence-electron chi connectivity index (χ0n) is 26.2. The van der Waals surface area contributed by atoms with E-state index in [9.17, 15) is 5.26 Å². The fraction of sp³-hybridized carbons (Fsp3) is 0. The maximum Gasteiger partial charge on any atom is 0.188 e. The minimum absolute atomic E-state index is 0.626. The van der Waals surface area contributed by atoms with Gasteiger partial charge in [0.15, 0.2) is 5.69 Å². The predicted octanol–water partition coefficient (Wildman–Crippen LogP) is 11.4. The van der Waals surface area contributed by atoms with Crippen LogP contribution >= 0.6 is 0 Å². The molecular weight excluding hydrogens is 599 g/mol. The van der Waals surface area contributed by atoms with Gasteiger partial charge < -0.3 is 13.7 Å². The van der Waals surface area contributed by atoms with Gasteiger partial charge in [0.2, 0.25) is 0 Å². The highest BCUT2D eigenvalue weighted by Crippen LogP contribution is 2.43. The summed E-state index contributed by atoms with van der Waals surface area (Å²) in [7, 11) is 0. The van der Waals surface area contributed by atoms with Crippen molar-refractivity contribution in [2.24, 2.45) is 0 Å². The first kappa shape index (κ1) is 27.1. The molecule has 5 nitrogen and oxygen atoms in total. The maximum atomic E-state index is 9.64. The molecular formula is C44H25N5. The molecule has 10 rings (SSSR count). The summed E-state index contributed by atoms with van der Waals surface area (Å²) < 4.78 is 6.96. The molecule has 10 aromatic rings. The highest BCUT2D eigenvalue weighted by atomic mass is 15.0. The third-order valence-corrected chi connectivity index (χ3v) is 9.84. The molecule has 49 heavy (non-hydrogen) atoms. The Morgan fingerprint density at radius 3 is 1.69 bits per heavy atom. The Hall–Kier alpha value is -7.08. The van der Waals surface area contributed by atoms with Crippen LogP contribution in [0.3, 0.4) is 0 Å². The van der Waals surface area contributed by atoms with Gasteiger partial charge in [0.1, 0.15) is 0 Å². The van der Waals surface area contributed by atoms with E-state index in [2.05, 4.69) is 146 Å². The van der Waals surface area contributed by atoms with Crippen LogP contribution in [0.25, 0.3) is 87.3 Å². The third-order valence-electron chi connectivity index (χ3n) is 9.84. The number of aromatic nitrogens is 3. The first-order valence-electron chi connectivity index (χ1n) is 16.2. The fourth-order valence-electron chi connectivity index (χ4n) is 7.85. The van der Waals surface area contributed by atoms with Gasteiger partial charge in [-0.2, -0.15) is 5.26 Å². The lowest BCUT2D eigenvalue weighted by Crippen LogP contribution is -1.98. The molecule has 0 aliphatic rings. The van der Waals surface area contributed by atoms with Gasteiger partial charge >= 0.3 is 0 Å². The van der Waals surface area contributed by atoms with E-state index in [-0.39, 0.29) is 0 Å². The van der Waals surface area contributed by atoms with E-state index < -0.39 is 0 Å². The second-order valence-electron chi connectivity index (χ2n) is 12.4. The van der Waals surface area contributed by atoms with Crippen LogP contribution < -0.4 is 0 Å². The first-order valence-corrected chi connectivity index (χ1v) is 16.2. The SMILES string of the molecule is [C-]#[N+]c1ccc2c(c1)c1c3c4ccccc4n(-c4cccc(-n5c6ccccc6c6cc(C#N)ccc65)c4)c3ccc1n2-c1ccccc1. The molecule has 0 spiro atoms. The molecule has 0 fully saturated rings. The largest absolute Gasteiger partial charge is 0.309 e. The number of fused-ring (bicyclic) bond motifs is 10. The average molecular weight is 624 g/mol. The summed E-state index contributed by atoms with van der Waals surface area (Å²) in [5.74, 6) is 0. The van der Waals surface area contributed by atoms with Gasteiger partial charge in [0.05, 0.1) is 51.3 Å². The highest BCUT2D eigenvalue weighted by Gasteiger charge is 2.21. The molecule has 0 atom stereocenters. The molecule has 0 bridgehead atoms. The molecule has 5 heteroatoms. The van der Waals surface area contributed by atoms with Crippen LogP contribution in [0.1, 0.15) is 5.56 Å². The van der Waals surface area contributed by atoms with Crippen LogP contribution in [-0.4, -0.2) is 13.7 Å². The summed E-state index contributed by atoms with van der Waals surface area (Å²) in [6, 6.07) is 54.9. The van der Waals surface area contributed by atoms with Crippen molar-refractivity contribution < 1.29 is 0 Å². The lowest BCUT2D eigenvalue weighted by Gasteiger charge is -2.13. The Bertz CT molecular complexity index is 3070. The minimum atomic E-state index is 0.626. The Kier molecular flexibility index (Phi) is 5.64. The molecule has 0 amide bonds. The minimum Gasteiger partial charge on any atom is -0.309 e. The number of hydrogen-bond acceptors (Lipinski definition) is 1. The molecule has 0 radical (unpaired) electrons. The van der Waals surface area contributed by atoms with Crippen molar-refractivity contribution in [3.63, 3.8) is 0 Å². The second kappa shape index (κ2) is 10.2. The van der Waals surface area contributed by atoms with Gasteiger partial charge in [-0.1, -0.05) is 66.7 Å². The maximum absolute atomic E-state index is 9.64. The third kappa shape index (κ3) is 3.79. The molecule has 3 heterocycles. The summed E-state index contributed by atoms with van der Waals surface area (Å²) in [4.78, 5) is 3.81. The molecule has 7 aromatic carbocycles. The molecule has 0 aliphatic carbocycles. The topological polar surface area (TPSA) is 42.9 Å². The van der Waals surface area contributed by atoms with Crippen LogP contribution in [0.15, 0.2) is 152 Å². The highest BCUT2D eigenvalue weighted by molar-refractivity contribution is 6.29. The standard InChI is InChI=1S/C44H25N5/c1-46-29-19-21-40-36(25-29)44-42(47(40)30-10-3-2-4-11-30)23-22-41-43(44)34-15-6-8-17-38(34)49(41)32-13-9-12-31(26-32)48-37-16-7-5-14-33(37)35-24-28(27-45)18-20-39(35)48/h2-26H. The van der Waals surface area contributed by atoms with Crippen LogP contribution in [0.2, 0.25) is 0 Å². The molecule has 0 aliphatic heterocycles. The zero-order valence-corrected chi connectivity index (χ0v) is 26.2. The first-order chi connectivity index (χ1) is 24.2. The van der Waals surface area contributed by atoms with Gasteiger partial charge in [0.25, 0.3) is 0 Å². The number of benzene rings is 7. The fourth-order valence-corrected chi connectivity index (χ4v) is 7.85. The molecule has 0 saturated carbocycles. The number of rotatable bonds is 3. The smallest absolute Gasteiger partial charge is 0.188 e. The normalized spacial score (nSPS) is 11.6.